The molecule has 1 rings (SSSR count). The first-order valence-electron chi connectivity index (χ1n) is 6.36. The van der Waals surface area contributed by atoms with Crippen LogP contribution in [0.5, 0.6) is 0 Å². The topological polar surface area (TPSA) is 52.0 Å². The Hall–Kier alpha value is -0.940. The van der Waals surface area contributed by atoms with Gasteiger partial charge >= 0.3 is 0 Å². The number of aryl methyl sites for hydroxylation is 1. The van der Waals surface area contributed by atoms with Crippen LogP contribution in [0.3, 0.4) is 0 Å². The van der Waals surface area contributed by atoms with Gasteiger partial charge in [-0.3, -0.25) is 0 Å². The summed E-state index contributed by atoms with van der Waals surface area (Å²) in [5.74, 6) is 1.52. The van der Waals surface area contributed by atoms with Gasteiger partial charge in [-0.25, -0.2) is 9.67 Å². The number of hydrogen-bond acceptors (Lipinski definition) is 4. The Morgan fingerprint density at radius 1 is 1.41 bits per heavy atom. The Labute approximate surface area is 104 Å². The molecule has 0 fully saturated rings. The van der Waals surface area contributed by atoms with Gasteiger partial charge in [-0.05, 0) is 19.8 Å². The van der Waals surface area contributed by atoms with Crippen molar-refractivity contribution in [3.8, 4) is 0 Å². The largest absolute Gasteiger partial charge is 0.380 e. The predicted molar refractivity (Wildman–Crippen MR) is 67.7 cm³/mol. The molecule has 1 aromatic rings. The third kappa shape index (κ3) is 4.44. The minimum Gasteiger partial charge on any atom is -0.380 e. The van der Waals surface area contributed by atoms with Crippen LogP contribution in [0, 0.1) is 5.92 Å². The third-order valence-corrected chi connectivity index (χ3v) is 2.82. The molecule has 98 valence electrons. The van der Waals surface area contributed by atoms with Gasteiger partial charge in [0.1, 0.15) is 12.2 Å². The first-order valence-corrected chi connectivity index (χ1v) is 6.36. The summed E-state index contributed by atoms with van der Waals surface area (Å²) in [5, 5.41) is 7.64. The summed E-state index contributed by atoms with van der Waals surface area (Å²) in [6, 6.07) is 0.358. The lowest BCUT2D eigenvalue weighted by atomic mass is 10.1. The van der Waals surface area contributed by atoms with Gasteiger partial charge in [0.25, 0.3) is 0 Å². The zero-order chi connectivity index (χ0) is 12.7. The molecule has 0 aromatic carbocycles. The zero-order valence-electron chi connectivity index (χ0n) is 11.3. The molecule has 0 saturated heterocycles. The van der Waals surface area contributed by atoms with Crippen molar-refractivity contribution < 1.29 is 4.74 Å². The van der Waals surface area contributed by atoms with E-state index in [9.17, 15) is 0 Å². The van der Waals surface area contributed by atoms with E-state index in [2.05, 4.69) is 36.2 Å². The average Bonchev–Trinajstić information content (AvgIpc) is 2.76. The lowest BCUT2D eigenvalue weighted by Crippen LogP contribution is -2.38. The van der Waals surface area contributed by atoms with E-state index in [0.29, 0.717) is 12.0 Å². The van der Waals surface area contributed by atoms with Crippen molar-refractivity contribution in [2.24, 2.45) is 5.92 Å². The number of ether oxygens (including phenoxy) is 1. The van der Waals surface area contributed by atoms with Gasteiger partial charge in [0.2, 0.25) is 0 Å². The Kier molecular flexibility index (Phi) is 6.15. The van der Waals surface area contributed by atoms with Crippen LogP contribution in [0.4, 0.5) is 0 Å². The molecular weight excluding hydrogens is 216 g/mol. The molecule has 5 heteroatoms. The van der Waals surface area contributed by atoms with Gasteiger partial charge in [-0.15, -0.1) is 0 Å². The Morgan fingerprint density at radius 3 is 2.76 bits per heavy atom. The Bertz CT molecular complexity index is 311. The van der Waals surface area contributed by atoms with E-state index in [1.54, 1.807) is 6.33 Å². The van der Waals surface area contributed by atoms with Crippen molar-refractivity contribution in [3.05, 3.63) is 12.2 Å². The normalized spacial score (nSPS) is 13.2. The predicted octanol–water partition coefficient (Wildman–Crippen LogP) is 1.45. The summed E-state index contributed by atoms with van der Waals surface area (Å²) in [7, 11) is 0. The molecule has 1 unspecified atom stereocenters. The monoisotopic (exact) mass is 240 g/mol. The summed E-state index contributed by atoms with van der Waals surface area (Å²) in [6.45, 7) is 11.6. The first kappa shape index (κ1) is 14.1. The molecule has 1 aromatic heterocycles. The standard InChI is InChI=1S/C12H24N4O/c1-5-16-12(14-9-15-16)7-13-11(10(3)4)8-17-6-2/h9-11,13H,5-8H2,1-4H3. The fourth-order valence-electron chi connectivity index (χ4n) is 1.64. The molecule has 0 spiro atoms. The fraction of sp³-hybridized carbons (Fsp3) is 0.833. The quantitative estimate of drug-likeness (QED) is 0.747. The van der Waals surface area contributed by atoms with Crippen molar-refractivity contribution in [1.29, 1.82) is 0 Å². The second-order valence-electron chi connectivity index (χ2n) is 4.38. The lowest BCUT2D eigenvalue weighted by molar-refractivity contribution is 0.107. The van der Waals surface area contributed by atoms with Crippen LogP contribution in [0.15, 0.2) is 6.33 Å². The van der Waals surface area contributed by atoms with Crippen molar-refractivity contribution in [1.82, 2.24) is 20.1 Å². The molecule has 0 aliphatic rings. The second-order valence-corrected chi connectivity index (χ2v) is 4.38. The highest BCUT2D eigenvalue weighted by Gasteiger charge is 2.14. The lowest BCUT2D eigenvalue weighted by Gasteiger charge is -2.22. The van der Waals surface area contributed by atoms with E-state index >= 15 is 0 Å². The molecule has 0 aliphatic heterocycles. The summed E-state index contributed by atoms with van der Waals surface area (Å²) < 4.78 is 7.39. The molecular formula is C12H24N4O. The third-order valence-electron chi connectivity index (χ3n) is 2.82. The smallest absolute Gasteiger partial charge is 0.140 e. The second kappa shape index (κ2) is 7.40. The van der Waals surface area contributed by atoms with Gasteiger partial charge in [-0.1, -0.05) is 13.8 Å². The maximum absolute atomic E-state index is 5.48. The summed E-state index contributed by atoms with van der Waals surface area (Å²) in [4.78, 5) is 4.25. The number of rotatable bonds is 8. The summed E-state index contributed by atoms with van der Waals surface area (Å²) in [6.07, 6.45) is 1.60. The molecule has 0 radical (unpaired) electrons. The van der Waals surface area contributed by atoms with Gasteiger partial charge in [0.05, 0.1) is 13.2 Å². The van der Waals surface area contributed by atoms with Crippen molar-refractivity contribution in [2.75, 3.05) is 13.2 Å². The van der Waals surface area contributed by atoms with Gasteiger partial charge in [0.15, 0.2) is 0 Å². The van der Waals surface area contributed by atoms with Crippen molar-refractivity contribution in [2.45, 2.75) is 46.8 Å². The zero-order valence-corrected chi connectivity index (χ0v) is 11.3. The molecule has 0 amide bonds. The van der Waals surface area contributed by atoms with Gasteiger partial charge in [0, 0.05) is 19.2 Å². The van der Waals surface area contributed by atoms with E-state index in [4.69, 9.17) is 4.74 Å². The average molecular weight is 240 g/mol. The van der Waals surface area contributed by atoms with Gasteiger partial charge in [-0.2, -0.15) is 5.10 Å². The van der Waals surface area contributed by atoms with Crippen LogP contribution >= 0.6 is 0 Å². The van der Waals surface area contributed by atoms with Crippen LogP contribution in [0.25, 0.3) is 0 Å². The number of hydrogen-bond donors (Lipinski definition) is 1. The highest BCUT2D eigenvalue weighted by Crippen LogP contribution is 2.04. The van der Waals surface area contributed by atoms with E-state index in [1.807, 2.05) is 11.6 Å². The maximum atomic E-state index is 5.48. The number of nitrogens with zero attached hydrogens (tertiary/aromatic N) is 3. The van der Waals surface area contributed by atoms with Crippen LogP contribution < -0.4 is 5.32 Å². The van der Waals surface area contributed by atoms with Crippen molar-refractivity contribution in [3.63, 3.8) is 0 Å². The summed E-state index contributed by atoms with van der Waals surface area (Å²) >= 11 is 0. The number of aromatic nitrogens is 3. The molecule has 1 N–H and O–H groups in total. The van der Waals surface area contributed by atoms with Crippen LogP contribution in [0.1, 0.15) is 33.5 Å². The summed E-state index contributed by atoms with van der Waals surface area (Å²) in [5.41, 5.74) is 0. The fourth-order valence-corrected chi connectivity index (χ4v) is 1.64. The maximum Gasteiger partial charge on any atom is 0.140 e. The van der Waals surface area contributed by atoms with Crippen LogP contribution in [0.2, 0.25) is 0 Å². The van der Waals surface area contributed by atoms with E-state index < -0.39 is 0 Å². The minimum absolute atomic E-state index is 0.358. The van der Waals surface area contributed by atoms with E-state index in [0.717, 1.165) is 32.1 Å². The van der Waals surface area contributed by atoms with Gasteiger partial charge < -0.3 is 10.1 Å². The van der Waals surface area contributed by atoms with Crippen LogP contribution in [-0.4, -0.2) is 34.0 Å². The molecule has 0 aliphatic carbocycles. The highest BCUT2D eigenvalue weighted by atomic mass is 16.5. The molecule has 0 saturated carbocycles. The Morgan fingerprint density at radius 2 is 2.18 bits per heavy atom. The van der Waals surface area contributed by atoms with Crippen molar-refractivity contribution >= 4 is 0 Å². The molecule has 5 nitrogen and oxygen atoms in total. The van der Waals surface area contributed by atoms with E-state index in [-0.39, 0.29) is 0 Å². The molecule has 17 heavy (non-hydrogen) atoms. The SMILES string of the molecule is CCOCC(NCc1ncnn1CC)C(C)C. The van der Waals surface area contributed by atoms with Crippen LogP contribution in [-0.2, 0) is 17.8 Å². The highest BCUT2D eigenvalue weighted by molar-refractivity contribution is 4.85. The first-order chi connectivity index (χ1) is 8.19. The molecule has 1 atom stereocenters. The molecule has 0 bridgehead atoms. The minimum atomic E-state index is 0.358. The van der Waals surface area contributed by atoms with E-state index in [1.165, 1.54) is 0 Å². The number of nitrogens with one attached hydrogen (secondary N) is 1. The molecule has 1 heterocycles. The Balaban J connectivity index is 2.45.